The van der Waals surface area contributed by atoms with Crippen LogP contribution in [0.15, 0.2) is 0 Å². The summed E-state index contributed by atoms with van der Waals surface area (Å²) in [4.78, 5) is 20.8. The van der Waals surface area contributed by atoms with Crippen molar-refractivity contribution in [1.29, 1.82) is 0 Å². The molecular formula is C10H18O3. The van der Waals surface area contributed by atoms with Crippen molar-refractivity contribution in [2.24, 2.45) is 5.92 Å². The van der Waals surface area contributed by atoms with Crippen molar-refractivity contribution in [3.63, 3.8) is 0 Å². The van der Waals surface area contributed by atoms with Crippen LogP contribution in [-0.2, 0) is 9.59 Å². The van der Waals surface area contributed by atoms with Crippen LogP contribution in [0.1, 0.15) is 46.0 Å². The van der Waals surface area contributed by atoms with Gasteiger partial charge in [-0.2, -0.15) is 0 Å². The number of carbonyl (C=O) groups is 2. The van der Waals surface area contributed by atoms with Gasteiger partial charge in [0.15, 0.2) is 0 Å². The standard InChI is InChI=1S/C10H18O3/c1-8(6-7-9(2)11)4-3-5-10(12)13/h8H,3-7H2,1-2H3,(H,12,13). The van der Waals surface area contributed by atoms with E-state index in [-0.39, 0.29) is 12.2 Å². The fourth-order valence-corrected chi connectivity index (χ4v) is 1.20. The topological polar surface area (TPSA) is 54.4 Å². The van der Waals surface area contributed by atoms with Gasteiger partial charge in [0.25, 0.3) is 0 Å². The maximum atomic E-state index is 10.6. The van der Waals surface area contributed by atoms with Gasteiger partial charge in [0.05, 0.1) is 0 Å². The molecule has 0 aliphatic carbocycles. The molecule has 0 rings (SSSR count). The highest BCUT2D eigenvalue weighted by molar-refractivity contribution is 5.75. The molecule has 0 aliphatic heterocycles. The molecule has 0 saturated carbocycles. The number of carboxylic acids is 1. The molecule has 0 amide bonds. The molecule has 1 N–H and O–H groups in total. The van der Waals surface area contributed by atoms with E-state index in [0.29, 0.717) is 18.8 Å². The maximum Gasteiger partial charge on any atom is 0.303 e. The second kappa shape index (κ2) is 6.63. The highest BCUT2D eigenvalue weighted by Crippen LogP contribution is 2.13. The van der Waals surface area contributed by atoms with Gasteiger partial charge in [-0.1, -0.05) is 13.3 Å². The van der Waals surface area contributed by atoms with Gasteiger partial charge in [0.1, 0.15) is 5.78 Å². The number of rotatable bonds is 7. The van der Waals surface area contributed by atoms with Crippen LogP contribution in [0.5, 0.6) is 0 Å². The summed E-state index contributed by atoms with van der Waals surface area (Å²) >= 11 is 0. The van der Waals surface area contributed by atoms with E-state index < -0.39 is 5.97 Å². The summed E-state index contributed by atoms with van der Waals surface area (Å²) in [6.07, 6.45) is 3.36. The Morgan fingerprint density at radius 3 is 2.31 bits per heavy atom. The number of carboxylic acid groups (broad SMARTS) is 1. The lowest BCUT2D eigenvalue weighted by Crippen LogP contribution is -2.01. The van der Waals surface area contributed by atoms with Crippen molar-refractivity contribution in [2.75, 3.05) is 0 Å². The summed E-state index contributed by atoms with van der Waals surface area (Å²) in [7, 11) is 0. The zero-order chi connectivity index (χ0) is 10.3. The van der Waals surface area contributed by atoms with Crippen molar-refractivity contribution in [3.05, 3.63) is 0 Å². The molecule has 0 aromatic carbocycles. The van der Waals surface area contributed by atoms with Crippen LogP contribution in [0, 0.1) is 5.92 Å². The number of ketones is 1. The molecule has 0 radical (unpaired) electrons. The lowest BCUT2D eigenvalue weighted by molar-refractivity contribution is -0.137. The van der Waals surface area contributed by atoms with Crippen LogP contribution < -0.4 is 0 Å². The average Bonchev–Trinajstić information content (AvgIpc) is 2.00. The summed E-state index contributed by atoms with van der Waals surface area (Å²) in [6, 6.07) is 0. The molecule has 0 aromatic rings. The van der Waals surface area contributed by atoms with E-state index in [1.807, 2.05) is 0 Å². The molecular weight excluding hydrogens is 168 g/mol. The predicted octanol–water partition coefficient (Wildman–Crippen LogP) is 2.25. The minimum atomic E-state index is -0.737. The average molecular weight is 186 g/mol. The fraction of sp³-hybridized carbons (Fsp3) is 0.800. The first kappa shape index (κ1) is 12.1. The number of carbonyl (C=O) groups excluding carboxylic acids is 1. The van der Waals surface area contributed by atoms with Gasteiger partial charge in [-0.25, -0.2) is 0 Å². The van der Waals surface area contributed by atoms with Gasteiger partial charge in [0, 0.05) is 12.8 Å². The zero-order valence-electron chi connectivity index (χ0n) is 8.38. The number of hydrogen-bond donors (Lipinski definition) is 1. The van der Waals surface area contributed by atoms with E-state index in [2.05, 4.69) is 6.92 Å². The molecule has 0 aromatic heterocycles. The van der Waals surface area contributed by atoms with Gasteiger partial charge in [-0.05, 0) is 25.7 Å². The van der Waals surface area contributed by atoms with E-state index in [1.165, 1.54) is 0 Å². The largest absolute Gasteiger partial charge is 0.481 e. The van der Waals surface area contributed by atoms with Crippen molar-refractivity contribution in [3.8, 4) is 0 Å². The van der Waals surface area contributed by atoms with Gasteiger partial charge >= 0.3 is 5.97 Å². The smallest absolute Gasteiger partial charge is 0.303 e. The van der Waals surface area contributed by atoms with E-state index in [1.54, 1.807) is 6.92 Å². The molecule has 0 spiro atoms. The first-order valence-electron chi connectivity index (χ1n) is 4.73. The molecule has 3 heteroatoms. The first-order valence-corrected chi connectivity index (χ1v) is 4.73. The Balaban J connectivity index is 3.35. The summed E-state index contributed by atoms with van der Waals surface area (Å²) in [5.74, 6) is -0.0629. The van der Waals surface area contributed by atoms with E-state index in [4.69, 9.17) is 5.11 Å². The minimum Gasteiger partial charge on any atom is -0.481 e. The summed E-state index contributed by atoms with van der Waals surface area (Å²) in [5, 5.41) is 8.39. The Hall–Kier alpha value is -0.860. The van der Waals surface area contributed by atoms with Crippen molar-refractivity contribution in [2.45, 2.75) is 46.0 Å². The van der Waals surface area contributed by atoms with Crippen molar-refractivity contribution < 1.29 is 14.7 Å². The van der Waals surface area contributed by atoms with Gasteiger partial charge in [-0.15, -0.1) is 0 Å². The van der Waals surface area contributed by atoms with Crippen LogP contribution >= 0.6 is 0 Å². The van der Waals surface area contributed by atoms with E-state index >= 15 is 0 Å². The van der Waals surface area contributed by atoms with Crippen LogP contribution in [0.3, 0.4) is 0 Å². The maximum absolute atomic E-state index is 10.6. The molecule has 0 fully saturated rings. The Bertz CT molecular complexity index is 175. The zero-order valence-corrected chi connectivity index (χ0v) is 8.38. The molecule has 0 aliphatic rings. The first-order chi connectivity index (χ1) is 6.02. The van der Waals surface area contributed by atoms with Gasteiger partial charge in [-0.3, -0.25) is 4.79 Å². The Morgan fingerprint density at radius 2 is 1.85 bits per heavy atom. The Kier molecular flexibility index (Phi) is 6.20. The number of aliphatic carboxylic acids is 1. The van der Waals surface area contributed by atoms with E-state index in [9.17, 15) is 9.59 Å². The minimum absolute atomic E-state index is 0.213. The number of Topliss-reactive ketones (excluding diaryl/α,β-unsaturated/α-hetero) is 1. The van der Waals surface area contributed by atoms with Gasteiger partial charge < -0.3 is 9.90 Å². The normalized spacial score (nSPS) is 12.5. The van der Waals surface area contributed by atoms with Crippen LogP contribution in [-0.4, -0.2) is 16.9 Å². The number of hydrogen-bond acceptors (Lipinski definition) is 2. The van der Waals surface area contributed by atoms with Gasteiger partial charge in [0.2, 0.25) is 0 Å². The Labute approximate surface area is 79.1 Å². The van der Waals surface area contributed by atoms with Crippen molar-refractivity contribution in [1.82, 2.24) is 0 Å². The highest BCUT2D eigenvalue weighted by atomic mass is 16.4. The fourth-order valence-electron chi connectivity index (χ4n) is 1.20. The third-order valence-electron chi connectivity index (χ3n) is 2.08. The molecule has 0 saturated heterocycles. The third kappa shape index (κ3) is 9.05. The second-order valence-corrected chi connectivity index (χ2v) is 3.63. The third-order valence-corrected chi connectivity index (χ3v) is 2.08. The van der Waals surface area contributed by atoms with Crippen LogP contribution in [0.25, 0.3) is 0 Å². The molecule has 13 heavy (non-hydrogen) atoms. The molecule has 1 unspecified atom stereocenters. The molecule has 76 valence electrons. The molecule has 3 nitrogen and oxygen atoms in total. The molecule has 1 atom stereocenters. The lowest BCUT2D eigenvalue weighted by Gasteiger charge is -2.08. The second-order valence-electron chi connectivity index (χ2n) is 3.63. The summed E-state index contributed by atoms with van der Waals surface area (Å²) in [6.45, 7) is 3.65. The summed E-state index contributed by atoms with van der Waals surface area (Å²) < 4.78 is 0. The van der Waals surface area contributed by atoms with Crippen LogP contribution in [0.4, 0.5) is 0 Å². The Morgan fingerprint density at radius 1 is 1.23 bits per heavy atom. The van der Waals surface area contributed by atoms with Crippen LogP contribution in [0.2, 0.25) is 0 Å². The summed E-state index contributed by atoms with van der Waals surface area (Å²) in [5.41, 5.74) is 0. The monoisotopic (exact) mass is 186 g/mol. The lowest BCUT2D eigenvalue weighted by atomic mass is 9.98. The predicted molar refractivity (Wildman–Crippen MR) is 50.6 cm³/mol. The molecule has 0 bridgehead atoms. The van der Waals surface area contributed by atoms with Crippen molar-refractivity contribution >= 4 is 11.8 Å². The molecule has 0 heterocycles. The quantitative estimate of drug-likeness (QED) is 0.663. The SMILES string of the molecule is CC(=O)CCC(C)CCCC(=O)O. The van der Waals surface area contributed by atoms with E-state index in [0.717, 1.165) is 12.8 Å². The highest BCUT2D eigenvalue weighted by Gasteiger charge is 2.05.